The molecule has 0 radical (unpaired) electrons. The number of halogens is 2. The molecule has 0 unspecified atom stereocenters. The second-order valence-corrected chi connectivity index (χ2v) is 5.91. The molecule has 0 fully saturated rings. The van der Waals surface area contributed by atoms with Crippen molar-refractivity contribution in [1.82, 2.24) is 4.98 Å². The van der Waals surface area contributed by atoms with E-state index in [1.54, 1.807) is 30.4 Å². The molecule has 0 aliphatic rings. The van der Waals surface area contributed by atoms with Crippen LogP contribution in [0.25, 0.3) is 22.7 Å². The van der Waals surface area contributed by atoms with E-state index >= 15 is 0 Å². The van der Waals surface area contributed by atoms with Gasteiger partial charge in [-0.15, -0.1) is 0 Å². The first kappa shape index (κ1) is 17.1. The first-order valence-electron chi connectivity index (χ1n) is 7.33. The highest BCUT2D eigenvalue weighted by atomic mass is 35.5. The van der Waals surface area contributed by atoms with E-state index in [-0.39, 0.29) is 18.1 Å². The van der Waals surface area contributed by atoms with E-state index in [0.717, 1.165) is 0 Å². The fourth-order valence-electron chi connectivity index (χ4n) is 2.27. The molecule has 0 amide bonds. The topological polar surface area (TPSA) is 59.0 Å². The molecule has 1 aromatic heterocycles. The van der Waals surface area contributed by atoms with Crippen molar-refractivity contribution >= 4 is 46.0 Å². The molecule has 6 heteroatoms. The predicted molar refractivity (Wildman–Crippen MR) is 99.6 cm³/mol. The van der Waals surface area contributed by atoms with Crippen LogP contribution in [0.2, 0.25) is 10.0 Å². The summed E-state index contributed by atoms with van der Waals surface area (Å²) in [6, 6.07) is 12.6. The van der Waals surface area contributed by atoms with Gasteiger partial charge < -0.3 is 9.15 Å². The molecule has 0 atom stereocenters. The summed E-state index contributed by atoms with van der Waals surface area (Å²) in [5, 5.41) is 10.3. The van der Waals surface area contributed by atoms with Gasteiger partial charge >= 0.3 is 0 Å². The Bertz CT molecular complexity index is 983. The Labute approximate surface area is 154 Å². The summed E-state index contributed by atoms with van der Waals surface area (Å²) in [7, 11) is 0. The molecule has 3 rings (SSSR count). The number of nitriles is 1. The van der Waals surface area contributed by atoms with E-state index in [4.69, 9.17) is 32.4 Å². The summed E-state index contributed by atoms with van der Waals surface area (Å²) < 4.78 is 11.2. The Morgan fingerprint density at radius 1 is 1.32 bits per heavy atom. The lowest BCUT2D eigenvalue weighted by Gasteiger charge is -2.10. The summed E-state index contributed by atoms with van der Waals surface area (Å²) in [6.45, 7) is 3.89. The summed E-state index contributed by atoms with van der Waals surface area (Å²) in [5.74, 6) is 0.629. The zero-order chi connectivity index (χ0) is 17.8. The standard InChI is InChI=1S/C19H12Cl2N2O2/c1-2-7-24-18-12(9-14(20)10-15(18)21)8-13(11-22)19-23-16-5-3-4-6-17(16)25-19/h2-6,8-10H,1,7H2/b13-8+. The van der Waals surface area contributed by atoms with Gasteiger partial charge in [0.05, 0.1) is 5.02 Å². The molecule has 0 N–H and O–H groups in total. The van der Waals surface area contributed by atoms with Crippen molar-refractivity contribution in [2.45, 2.75) is 0 Å². The van der Waals surface area contributed by atoms with Gasteiger partial charge in [0.2, 0.25) is 5.89 Å². The van der Waals surface area contributed by atoms with Gasteiger partial charge in [0, 0.05) is 10.6 Å². The Morgan fingerprint density at radius 2 is 2.12 bits per heavy atom. The largest absolute Gasteiger partial charge is 0.487 e. The lowest BCUT2D eigenvalue weighted by molar-refractivity contribution is 0.362. The first-order chi connectivity index (χ1) is 12.1. The SMILES string of the molecule is C=CCOc1c(Cl)cc(Cl)cc1/C=C(\C#N)c1nc2ccccc2o1. The number of nitrogens with zero attached hydrogens (tertiary/aromatic N) is 2. The van der Waals surface area contributed by atoms with Crippen molar-refractivity contribution in [3.63, 3.8) is 0 Å². The molecule has 0 saturated heterocycles. The number of fused-ring (bicyclic) bond motifs is 1. The average molecular weight is 371 g/mol. The fraction of sp³-hybridized carbons (Fsp3) is 0.0526. The van der Waals surface area contributed by atoms with Gasteiger partial charge in [0.25, 0.3) is 0 Å². The number of benzene rings is 2. The molecular formula is C19H12Cl2N2O2. The van der Waals surface area contributed by atoms with Crippen LogP contribution in [-0.2, 0) is 0 Å². The zero-order valence-corrected chi connectivity index (χ0v) is 14.5. The quantitative estimate of drug-likeness (QED) is 0.422. The molecule has 2 aromatic carbocycles. The van der Waals surface area contributed by atoms with Gasteiger partial charge in [-0.25, -0.2) is 4.98 Å². The third-order valence-corrected chi connectivity index (χ3v) is 3.83. The van der Waals surface area contributed by atoms with Crippen molar-refractivity contribution < 1.29 is 9.15 Å². The number of para-hydroxylation sites is 2. The molecule has 124 valence electrons. The number of ether oxygens (including phenoxy) is 1. The summed E-state index contributed by atoms with van der Waals surface area (Å²) in [5.41, 5.74) is 2.06. The van der Waals surface area contributed by atoms with Crippen LogP contribution >= 0.6 is 23.2 Å². The van der Waals surface area contributed by atoms with Gasteiger partial charge in [-0.05, 0) is 30.3 Å². The molecule has 4 nitrogen and oxygen atoms in total. The molecule has 3 aromatic rings. The fourth-order valence-corrected chi connectivity index (χ4v) is 2.83. The number of hydrogen-bond acceptors (Lipinski definition) is 4. The molecule has 0 saturated carbocycles. The molecule has 0 spiro atoms. The summed E-state index contributed by atoms with van der Waals surface area (Å²) in [6.07, 6.45) is 3.19. The van der Waals surface area contributed by atoms with Crippen LogP contribution in [0.1, 0.15) is 11.5 Å². The van der Waals surface area contributed by atoms with E-state index in [0.29, 0.717) is 32.5 Å². The second kappa shape index (κ2) is 7.43. The van der Waals surface area contributed by atoms with E-state index in [9.17, 15) is 5.26 Å². The molecule has 0 bridgehead atoms. The van der Waals surface area contributed by atoms with Gasteiger partial charge in [-0.2, -0.15) is 5.26 Å². The van der Waals surface area contributed by atoms with E-state index < -0.39 is 0 Å². The minimum Gasteiger partial charge on any atom is -0.487 e. The predicted octanol–water partition coefficient (Wildman–Crippen LogP) is 5.76. The van der Waals surface area contributed by atoms with Crippen molar-refractivity contribution in [3.05, 3.63) is 70.6 Å². The van der Waals surface area contributed by atoms with Gasteiger partial charge in [0.15, 0.2) is 5.58 Å². The molecular weight excluding hydrogens is 359 g/mol. The van der Waals surface area contributed by atoms with Crippen LogP contribution < -0.4 is 4.74 Å². The van der Waals surface area contributed by atoms with Crippen LogP contribution in [0.15, 0.2) is 53.5 Å². The molecule has 25 heavy (non-hydrogen) atoms. The maximum Gasteiger partial charge on any atom is 0.238 e. The summed E-state index contributed by atoms with van der Waals surface area (Å²) in [4.78, 5) is 4.34. The van der Waals surface area contributed by atoms with Crippen molar-refractivity contribution in [3.8, 4) is 11.8 Å². The number of hydrogen-bond donors (Lipinski definition) is 0. The zero-order valence-electron chi connectivity index (χ0n) is 13.0. The van der Waals surface area contributed by atoms with Crippen LogP contribution in [-0.4, -0.2) is 11.6 Å². The minimum atomic E-state index is 0.217. The van der Waals surface area contributed by atoms with Crippen molar-refractivity contribution in [2.24, 2.45) is 0 Å². The highest BCUT2D eigenvalue weighted by Gasteiger charge is 2.14. The molecule has 1 heterocycles. The smallest absolute Gasteiger partial charge is 0.238 e. The highest BCUT2D eigenvalue weighted by Crippen LogP contribution is 2.35. The van der Waals surface area contributed by atoms with Gasteiger partial charge in [0.1, 0.15) is 29.5 Å². The Hall–Kier alpha value is -2.74. The normalized spacial score (nSPS) is 11.3. The number of oxazole rings is 1. The van der Waals surface area contributed by atoms with E-state index in [1.165, 1.54) is 0 Å². The Balaban J connectivity index is 2.10. The van der Waals surface area contributed by atoms with Gasteiger partial charge in [-0.3, -0.25) is 0 Å². The Kier molecular flexibility index (Phi) is 5.08. The molecule has 0 aliphatic carbocycles. The lowest BCUT2D eigenvalue weighted by atomic mass is 10.1. The van der Waals surface area contributed by atoms with Gasteiger partial charge in [-0.1, -0.05) is 48.0 Å². The number of aromatic nitrogens is 1. The minimum absolute atomic E-state index is 0.217. The number of allylic oxidation sites excluding steroid dienone is 1. The van der Waals surface area contributed by atoms with Crippen LogP contribution in [0.5, 0.6) is 5.75 Å². The average Bonchev–Trinajstić information content (AvgIpc) is 3.02. The second-order valence-electron chi connectivity index (χ2n) is 5.06. The molecule has 0 aliphatic heterocycles. The van der Waals surface area contributed by atoms with E-state index in [1.807, 2.05) is 18.2 Å². The van der Waals surface area contributed by atoms with E-state index in [2.05, 4.69) is 17.6 Å². The Morgan fingerprint density at radius 3 is 2.84 bits per heavy atom. The highest BCUT2D eigenvalue weighted by molar-refractivity contribution is 6.36. The lowest BCUT2D eigenvalue weighted by Crippen LogP contribution is -1.96. The third kappa shape index (κ3) is 3.69. The third-order valence-electron chi connectivity index (χ3n) is 3.33. The van der Waals surface area contributed by atoms with Crippen LogP contribution in [0.4, 0.5) is 0 Å². The monoisotopic (exact) mass is 370 g/mol. The summed E-state index contributed by atoms with van der Waals surface area (Å²) >= 11 is 12.3. The maximum atomic E-state index is 9.53. The van der Waals surface area contributed by atoms with Crippen molar-refractivity contribution in [1.29, 1.82) is 5.26 Å². The van der Waals surface area contributed by atoms with Crippen LogP contribution in [0, 0.1) is 11.3 Å². The van der Waals surface area contributed by atoms with Crippen molar-refractivity contribution in [2.75, 3.05) is 6.61 Å². The first-order valence-corrected chi connectivity index (χ1v) is 8.08. The maximum absolute atomic E-state index is 9.53. The van der Waals surface area contributed by atoms with Crippen LogP contribution in [0.3, 0.4) is 0 Å². The number of rotatable bonds is 5.